The van der Waals surface area contributed by atoms with E-state index in [9.17, 15) is 13.2 Å². The molecule has 0 atom stereocenters. The first-order chi connectivity index (χ1) is 9.55. The molecule has 0 aromatic carbocycles. The Morgan fingerprint density at radius 3 is 3.00 bits per heavy atom. The van der Waals surface area contributed by atoms with Crippen LogP contribution in [0.1, 0.15) is 13.3 Å². The average Bonchev–Trinajstić information content (AvgIpc) is 2.65. The average molecular weight is 298 g/mol. The zero-order valence-corrected chi connectivity index (χ0v) is 12.1. The van der Waals surface area contributed by atoms with E-state index in [-0.39, 0.29) is 30.3 Å². The number of nitrogens with zero attached hydrogens (tertiary/aromatic N) is 2. The Labute approximate surface area is 118 Å². The van der Waals surface area contributed by atoms with E-state index >= 15 is 0 Å². The minimum absolute atomic E-state index is 0.124. The molecule has 8 heteroatoms. The highest BCUT2D eigenvalue weighted by atomic mass is 32.2. The highest BCUT2D eigenvalue weighted by Gasteiger charge is 2.28. The molecule has 1 saturated heterocycles. The highest BCUT2D eigenvalue weighted by Crippen LogP contribution is 2.23. The maximum absolute atomic E-state index is 12.6. The Hall–Kier alpha value is -1.67. The maximum Gasteiger partial charge on any atom is 0.246 e. The molecular weight excluding hydrogens is 280 g/mol. The smallest absolute Gasteiger partial charge is 0.246 e. The molecule has 0 saturated carbocycles. The second-order valence-corrected chi connectivity index (χ2v) is 6.31. The summed E-state index contributed by atoms with van der Waals surface area (Å²) in [4.78, 5) is 15.4. The van der Waals surface area contributed by atoms with Gasteiger partial charge in [-0.15, -0.1) is 0 Å². The molecule has 0 radical (unpaired) electrons. The van der Waals surface area contributed by atoms with Crippen LogP contribution in [0.5, 0.6) is 0 Å². The maximum atomic E-state index is 12.6. The number of pyridine rings is 1. The fraction of sp³-hybridized carbons (Fsp3) is 0.500. The number of carbonyl (C=O) groups excluding carboxylic acids is 1. The van der Waals surface area contributed by atoms with Crippen LogP contribution < -0.4 is 10.6 Å². The van der Waals surface area contributed by atoms with E-state index in [1.54, 1.807) is 12.3 Å². The third-order valence-corrected chi connectivity index (χ3v) is 4.97. The van der Waals surface area contributed by atoms with E-state index in [0.29, 0.717) is 18.8 Å². The SMILES string of the molecule is CCNc1ccncc1S(=O)(=O)N1CCNC(=O)CC1. The molecule has 1 aliphatic rings. The molecule has 0 spiro atoms. The van der Waals surface area contributed by atoms with Gasteiger partial charge in [-0.1, -0.05) is 0 Å². The summed E-state index contributed by atoms with van der Waals surface area (Å²) in [5.74, 6) is -0.124. The quantitative estimate of drug-likeness (QED) is 0.818. The fourth-order valence-corrected chi connectivity index (χ4v) is 3.60. The Balaban J connectivity index is 2.32. The molecule has 7 nitrogen and oxygen atoms in total. The standard InChI is InChI=1S/C12H18N4O3S/c1-2-14-10-3-5-13-9-11(10)20(18,19)16-7-4-12(17)15-6-8-16/h3,5,9H,2,4,6-8H2,1H3,(H,13,14)(H,15,17). The molecule has 20 heavy (non-hydrogen) atoms. The summed E-state index contributed by atoms with van der Waals surface area (Å²) < 4.78 is 26.6. The molecule has 0 aliphatic carbocycles. The van der Waals surface area contributed by atoms with Crippen molar-refractivity contribution in [2.75, 3.05) is 31.5 Å². The molecule has 2 rings (SSSR count). The number of hydrogen-bond donors (Lipinski definition) is 2. The normalized spacial score (nSPS) is 17.4. The molecule has 110 valence electrons. The summed E-state index contributed by atoms with van der Waals surface area (Å²) >= 11 is 0. The van der Waals surface area contributed by atoms with Crippen LogP contribution in [-0.4, -0.2) is 49.8 Å². The van der Waals surface area contributed by atoms with Gasteiger partial charge in [0.25, 0.3) is 0 Å². The summed E-state index contributed by atoms with van der Waals surface area (Å²) in [5, 5.41) is 5.68. The summed E-state index contributed by atoms with van der Waals surface area (Å²) in [6.07, 6.45) is 3.06. The number of nitrogens with one attached hydrogen (secondary N) is 2. The van der Waals surface area contributed by atoms with Crippen LogP contribution >= 0.6 is 0 Å². The zero-order chi connectivity index (χ0) is 14.6. The topological polar surface area (TPSA) is 91.4 Å². The van der Waals surface area contributed by atoms with Crippen molar-refractivity contribution in [2.45, 2.75) is 18.2 Å². The molecule has 0 unspecified atom stereocenters. The van der Waals surface area contributed by atoms with Crippen molar-refractivity contribution in [1.82, 2.24) is 14.6 Å². The summed E-state index contributed by atoms with van der Waals surface area (Å²) in [6, 6.07) is 1.64. The predicted octanol–water partition coefficient (Wildman–Crippen LogP) is 0.0240. The Morgan fingerprint density at radius 2 is 2.25 bits per heavy atom. The van der Waals surface area contributed by atoms with Gasteiger partial charge >= 0.3 is 0 Å². The van der Waals surface area contributed by atoms with Gasteiger partial charge in [-0.05, 0) is 13.0 Å². The van der Waals surface area contributed by atoms with Gasteiger partial charge in [-0.3, -0.25) is 9.78 Å². The monoisotopic (exact) mass is 298 g/mol. The van der Waals surface area contributed by atoms with Crippen LogP contribution in [0.15, 0.2) is 23.4 Å². The third-order valence-electron chi connectivity index (χ3n) is 3.04. The lowest BCUT2D eigenvalue weighted by atomic mass is 10.4. The van der Waals surface area contributed by atoms with E-state index in [1.165, 1.54) is 10.5 Å². The highest BCUT2D eigenvalue weighted by molar-refractivity contribution is 7.89. The summed E-state index contributed by atoms with van der Waals surface area (Å²) in [6.45, 7) is 3.30. The van der Waals surface area contributed by atoms with Crippen molar-refractivity contribution in [1.29, 1.82) is 0 Å². The van der Waals surface area contributed by atoms with Crippen LogP contribution in [0.4, 0.5) is 5.69 Å². The van der Waals surface area contributed by atoms with Gasteiger partial charge in [0.2, 0.25) is 15.9 Å². The number of amides is 1. The fourth-order valence-electron chi connectivity index (χ4n) is 2.05. The van der Waals surface area contributed by atoms with Crippen LogP contribution in [0, 0.1) is 0 Å². The van der Waals surface area contributed by atoms with Gasteiger partial charge in [-0.25, -0.2) is 8.42 Å². The molecule has 1 fully saturated rings. The van der Waals surface area contributed by atoms with Crippen molar-refractivity contribution < 1.29 is 13.2 Å². The molecular formula is C12H18N4O3S. The van der Waals surface area contributed by atoms with Crippen molar-refractivity contribution >= 4 is 21.6 Å². The Bertz CT molecular complexity index is 588. The molecule has 1 aliphatic heterocycles. The van der Waals surface area contributed by atoms with Gasteiger partial charge in [0.1, 0.15) is 4.90 Å². The van der Waals surface area contributed by atoms with Gasteiger partial charge < -0.3 is 10.6 Å². The lowest BCUT2D eigenvalue weighted by Gasteiger charge is -2.20. The number of aromatic nitrogens is 1. The van der Waals surface area contributed by atoms with Crippen LogP contribution in [0.25, 0.3) is 0 Å². The van der Waals surface area contributed by atoms with Crippen molar-refractivity contribution in [3.05, 3.63) is 18.5 Å². The lowest BCUT2D eigenvalue weighted by Crippen LogP contribution is -2.34. The van der Waals surface area contributed by atoms with E-state index in [0.717, 1.165) is 0 Å². The summed E-state index contributed by atoms with van der Waals surface area (Å²) in [5.41, 5.74) is 0.533. The minimum Gasteiger partial charge on any atom is -0.384 e. The van der Waals surface area contributed by atoms with Gasteiger partial charge in [0, 0.05) is 45.0 Å². The first kappa shape index (κ1) is 14.7. The Morgan fingerprint density at radius 1 is 1.45 bits per heavy atom. The van der Waals surface area contributed by atoms with Crippen molar-refractivity contribution in [2.24, 2.45) is 0 Å². The molecule has 1 aromatic rings. The molecule has 0 bridgehead atoms. The van der Waals surface area contributed by atoms with Gasteiger partial charge in [-0.2, -0.15) is 4.31 Å². The van der Waals surface area contributed by atoms with Crippen molar-refractivity contribution in [3.8, 4) is 0 Å². The van der Waals surface area contributed by atoms with E-state index in [2.05, 4.69) is 15.6 Å². The number of hydrogen-bond acceptors (Lipinski definition) is 5. The second-order valence-electron chi connectivity index (χ2n) is 4.41. The third kappa shape index (κ3) is 3.07. The van der Waals surface area contributed by atoms with E-state index < -0.39 is 10.0 Å². The minimum atomic E-state index is -3.65. The van der Waals surface area contributed by atoms with Crippen molar-refractivity contribution in [3.63, 3.8) is 0 Å². The van der Waals surface area contributed by atoms with E-state index in [4.69, 9.17) is 0 Å². The second kappa shape index (κ2) is 6.19. The molecule has 1 aromatic heterocycles. The molecule has 2 N–H and O–H groups in total. The first-order valence-corrected chi connectivity index (χ1v) is 7.94. The molecule has 2 heterocycles. The van der Waals surface area contributed by atoms with Crippen LogP contribution in [0.2, 0.25) is 0 Å². The number of anilines is 1. The van der Waals surface area contributed by atoms with E-state index in [1.807, 2.05) is 6.92 Å². The van der Waals surface area contributed by atoms with Crippen LogP contribution in [-0.2, 0) is 14.8 Å². The first-order valence-electron chi connectivity index (χ1n) is 6.50. The molecule has 1 amide bonds. The number of carbonyl (C=O) groups is 1. The largest absolute Gasteiger partial charge is 0.384 e. The number of rotatable bonds is 4. The van der Waals surface area contributed by atoms with Crippen LogP contribution in [0.3, 0.4) is 0 Å². The lowest BCUT2D eigenvalue weighted by molar-refractivity contribution is -0.120. The Kier molecular flexibility index (Phi) is 4.56. The summed E-state index contributed by atoms with van der Waals surface area (Å²) in [7, 11) is -3.65. The predicted molar refractivity (Wildman–Crippen MR) is 74.8 cm³/mol. The van der Waals surface area contributed by atoms with Gasteiger partial charge in [0.15, 0.2) is 0 Å². The van der Waals surface area contributed by atoms with Gasteiger partial charge in [0.05, 0.1) is 5.69 Å². The zero-order valence-electron chi connectivity index (χ0n) is 11.3. The number of sulfonamides is 1.